The molecule has 21 heteroatoms. The third kappa shape index (κ3) is 18.0. The van der Waals surface area contributed by atoms with Crippen LogP contribution in [0.2, 0.25) is 0 Å². The van der Waals surface area contributed by atoms with Crippen molar-refractivity contribution in [2.75, 3.05) is 33.0 Å². The molecule has 0 saturated carbocycles. The molecule has 7 aromatic carbocycles. The van der Waals surface area contributed by atoms with Crippen LogP contribution in [-0.2, 0) is 90.9 Å². The monoisotopic (exact) mass is 1300 g/mol. The van der Waals surface area contributed by atoms with E-state index in [0.29, 0.717) is 18.4 Å². The standard InChI is InChI=1S/C74H76O21/c1-2-3-25-40-81-71-63(91-67(77)51-32-17-7-18-33-51)60(83-44-49-28-13-5-14-29-49)57(89-71)46-85-72-64(92-68(78)52-34-19-8-20-35-52)61(84-45-50-30-15-6-16-31-50)58(90-72)47-86-73-66(94-70(80)54-38-23-10-24-39-54)62(56(42-76)87-73)95-74-65(93-69(79)53-36-21-9-22-37-53)59(55(41-75)88-74)82-43-48-26-11-4-12-27-48/h2,4-24,26-39,55-66,71-76H,1,3,25,40-47H2/t55-,56-,57-,58-,59-,60-,61-,62-,63+,64+,65+,66+,71+,72+,73+,74-/m1/s1. The average Bonchev–Trinajstić information content (AvgIpc) is 1.67. The van der Waals surface area contributed by atoms with E-state index in [-0.39, 0.29) is 49.7 Å². The summed E-state index contributed by atoms with van der Waals surface area (Å²) in [7, 11) is 0. The minimum Gasteiger partial charge on any atom is -0.450 e. The van der Waals surface area contributed by atoms with Crippen LogP contribution in [0, 0.1) is 0 Å². The zero-order valence-corrected chi connectivity index (χ0v) is 52.0. The summed E-state index contributed by atoms with van der Waals surface area (Å²) in [6, 6.07) is 61.2. The maximum atomic E-state index is 14.3. The fraction of sp³-hybridized carbons (Fsp3) is 0.351. The molecule has 2 N–H and O–H groups in total. The van der Waals surface area contributed by atoms with E-state index in [4.69, 9.17) is 71.1 Å². The number of hydrogen-bond donors (Lipinski definition) is 2. The smallest absolute Gasteiger partial charge is 0.338 e. The second-order valence-electron chi connectivity index (χ2n) is 22.8. The second kappa shape index (κ2) is 34.4. The van der Waals surface area contributed by atoms with E-state index in [1.165, 1.54) is 0 Å². The minimum absolute atomic E-state index is 0.0139. The van der Waals surface area contributed by atoms with Gasteiger partial charge in [0.2, 0.25) is 0 Å². The first-order chi connectivity index (χ1) is 46.6. The Morgan fingerprint density at radius 2 is 0.632 bits per heavy atom. The fourth-order valence-corrected chi connectivity index (χ4v) is 11.4. The van der Waals surface area contributed by atoms with Gasteiger partial charge < -0.3 is 81.3 Å². The Morgan fingerprint density at radius 3 is 0.979 bits per heavy atom. The summed E-state index contributed by atoms with van der Waals surface area (Å²) < 4.78 is 97.4. The summed E-state index contributed by atoms with van der Waals surface area (Å²) >= 11 is 0. The Hall–Kier alpha value is -8.36. The molecule has 498 valence electrons. The first-order valence-corrected chi connectivity index (χ1v) is 31.6. The molecule has 0 spiro atoms. The van der Waals surface area contributed by atoms with Crippen molar-refractivity contribution in [1.82, 2.24) is 0 Å². The first kappa shape index (κ1) is 68.0. The average molecular weight is 1300 g/mol. The topological polar surface area (TPSA) is 247 Å². The molecule has 0 radical (unpaired) electrons. The van der Waals surface area contributed by atoms with E-state index in [2.05, 4.69) is 6.58 Å². The van der Waals surface area contributed by atoms with Gasteiger partial charge in [-0.2, -0.15) is 0 Å². The normalized spacial score (nSPS) is 27.0. The van der Waals surface area contributed by atoms with E-state index < -0.39 is 142 Å². The lowest BCUT2D eigenvalue weighted by atomic mass is 10.1. The minimum atomic E-state index is -1.55. The van der Waals surface area contributed by atoms with Crippen LogP contribution in [0.15, 0.2) is 225 Å². The van der Waals surface area contributed by atoms with Crippen molar-refractivity contribution in [3.8, 4) is 0 Å². The van der Waals surface area contributed by atoms with Crippen LogP contribution in [0.3, 0.4) is 0 Å². The van der Waals surface area contributed by atoms with Gasteiger partial charge in [0.05, 0.1) is 75.1 Å². The number of hydrogen-bond acceptors (Lipinski definition) is 21. The SMILES string of the molecule is C=CCCCO[C@H]1O[C@H](CO[C@H]2O[C@H](CO[C@H]3O[C@H](CO)[C@@H](O[C@H]4O[C@H](CO)[C@@H](OCc5ccccc5)[C@@H]4OC(=O)c4ccccc4)[C@@H]3OC(=O)c3ccccc3)[C@@H](OCc3ccccc3)[C@@H]2OC(=O)c2ccccc2)[C@@H](OCc2ccccc2)[C@@H]1OC(=O)c1ccccc1. The van der Waals surface area contributed by atoms with Gasteiger partial charge in [-0.05, 0) is 78.1 Å². The maximum Gasteiger partial charge on any atom is 0.338 e. The van der Waals surface area contributed by atoms with Gasteiger partial charge in [-0.3, -0.25) is 0 Å². The molecular weight excluding hydrogens is 1220 g/mol. The highest BCUT2D eigenvalue weighted by atomic mass is 16.8. The molecule has 21 nitrogen and oxygen atoms in total. The molecule has 4 saturated heterocycles. The quantitative estimate of drug-likeness (QED) is 0.0173. The summed E-state index contributed by atoms with van der Waals surface area (Å²) in [4.78, 5) is 56.5. The highest BCUT2D eigenvalue weighted by Gasteiger charge is 2.57. The van der Waals surface area contributed by atoms with Crippen LogP contribution in [0.25, 0.3) is 0 Å². The summed E-state index contributed by atoms with van der Waals surface area (Å²) in [6.07, 6.45) is -17.3. The van der Waals surface area contributed by atoms with Crippen molar-refractivity contribution in [2.24, 2.45) is 0 Å². The number of allylic oxidation sites excluding steroid dienone is 1. The van der Waals surface area contributed by atoms with Gasteiger partial charge in [0.15, 0.2) is 49.6 Å². The predicted molar refractivity (Wildman–Crippen MR) is 339 cm³/mol. The van der Waals surface area contributed by atoms with Crippen LogP contribution in [-0.4, -0.2) is 166 Å². The zero-order valence-electron chi connectivity index (χ0n) is 52.0. The van der Waals surface area contributed by atoms with Crippen molar-refractivity contribution in [3.63, 3.8) is 0 Å². The molecule has 0 aliphatic carbocycles. The molecule has 4 aliphatic rings. The van der Waals surface area contributed by atoms with Crippen LogP contribution >= 0.6 is 0 Å². The molecule has 0 aromatic heterocycles. The number of unbranched alkanes of at least 4 members (excludes halogenated alkanes) is 1. The van der Waals surface area contributed by atoms with Crippen LogP contribution < -0.4 is 0 Å². The molecule has 16 atom stereocenters. The molecule has 4 fully saturated rings. The Kier molecular flexibility index (Phi) is 24.6. The Balaban J connectivity index is 0.896. The molecular formula is C74H76O21. The van der Waals surface area contributed by atoms with E-state index in [9.17, 15) is 29.4 Å². The van der Waals surface area contributed by atoms with E-state index in [1.54, 1.807) is 127 Å². The lowest BCUT2D eigenvalue weighted by Crippen LogP contribution is -2.47. The lowest BCUT2D eigenvalue weighted by Gasteiger charge is -2.29. The molecule has 4 heterocycles. The van der Waals surface area contributed by atoms with Crippen molar-refractivity contribution in [2.45, 2.75) is 131 Å². The lowest BCUT2D eigenvalue weighted by molar-refractivity contribution is -0.221. The highest BCUT2D eigenvalue weighted by molar-refractivity contribution is 5.91. The van der Waals surface area contributed by atoms with Gasteiger partial charge in [-0.15, -0.1) is 6.58 Å². The number of carbonyl (C=O) groups excluding carboxylic acids is 4. The van der Waals surface area contributed by atoms with Crippen LogP contribution in [0.4, 0.5) is 0 Å². The largest absolute Gasteiger partial charge is 0.450 e. The summed E-state index contributed by atoms with van der Waals surface area (Å²) in [5, 5.41) is 22.0. The van der Waals surface area contributed by atoms with Gasteiger partial charge in [-0.1, -0.05) is 170 Å². The van der Waals surface area contributed by atoms with Gasteiger partial charge in [0.1, 0.15) is 48.8 Å². The summed E-state index contributed by atoms with van der Waals surface area (Å²) in [5.41, 5.74) is 3.23. The number of aliphatic hydroxyl groups is 2. The third-order valence-electron chi connectivity index (χ3n) is 16.3. The number of rotatable bonds is 32. The predicted octanol–water partition coefficient (Wildman–Crippen LogP) is 8.93. The van der Waals surface area contributed by atoms with Gasteiger partial charge in [0, 0.05) is 0 Å². The van der Waals surface area contributed by atoms with Crippen molar-refractivity contribution in [3.05, 3.63) is 264 Å². The summed E-state index contributed by atoms with van der Waals surface area (Å²) in [5.74, 6) is -2.94. The fourth-order valence-electron chi connectivity index (χ4n) is 11.4. The molecule has 7 aromatic rings. The highest BCUT2D eigenvalue weighted by Crippen LogP contribution is 2.38. The number of carbonyl (C=O) groups is 4. The number of esters is 4. The van der Waals surface area contributed by atoms with Crippen molar-refractivity contribution < 1.29 is 100 Å². The Labute approximate surface area is 550 Å². The van der Waals surface area contributed by atoms with Gasteiger partial charge in [0.25, 0.3) is 0 Å². The maximum absolute atomic E-state index is 14.3. The molecule has 0 unspecified atom stereocenters. The first-order valence-electron chi connectivity index (χ1n) is 31.6. The van der Waals surface area contributed by atoms with Crippen molar-refractivity contribution in [1.29, 1.82) is 0 Å². The molecule has 4 aliphatic heterocycles. The molecule has 0 amide bonds. The Bertz CT molecular complexity index is 3490. The molecule has 11 rings (SSSR count). The van der Waals surface area contributed by atoms with Crippen LogP contribution in [0.1, 0.15) is 71.0 Å². The number of aliphatic hydroxyl groups excluding tert-OH is 2. The second-order valence-corrected chi connectivity index (χ2v) is 22.8. The molecule has 95 heavy (non-hydrogen) atoms. The van der Waals surface area contributed by atoms with Gasteiger partial charge >= 0.3 is 23.9 Å². The third-order valence-corrected chi connectivity index (χ3v) is 16.3. The van der Waals surface area contributed by atoms with Crippen LogP contribution in [0.5, 0.6) is 0 Å². The Morgan fingerprint density at radius 1 is 0.347 bits per heavy atom. The van der Waals surface area contributed by atoms with Crippen molar-refractivity contribution >= 4 is 23.9 Å². The summed E-state index contributed by atoms with van der Waals surface area (Å²) in [6.45, 7) is 2.10. The van der Waals surface area contributed by atoms with E-state index in [1.807, 2.05) is 91.0 Å². The molecule has 0 bridgehead atoms. The number of benzene rings is 7. The zero-order chi connectivity index (χ0) is 65.7. The van der Waals surface area contributed by atoms with Gasteiger partial charge in [-0.25, -0.2) is 19.2 Å². The van der Waals surface area contributed by atoms with E-state index >= 15 is 0 Å². The van der Waals surface area contributed by atoms with E-state index in [0.717, 1.165) is 16.7 Å². The number of ether oxygens (including phenoxy) is 15.